The van der Waals surface area contributed by atoms with Crippen molar-refractivity contribution in [1.29, 1.82) is 0 Å². The molecular weight excluding hydrogens is 276 g/mol. The van der Waals surface area contributed by atoms with Crippen molar-refractivity contribution < 1.29 is 9.94 Å². The summed E-state index contributed by atoms with van der Waals surface area (Å²) in [7, 11) is 1.66. The van der Waals surface area contributed by atoms with Gasteiger partial charge in [0.2, 0.25) is 0 Å². The maximum Gasteiger partial charge on any atom is 0.118 e. The van der Waals surface area contributed by atoms with Crippen LogP contribution in [0.3, 0.4) is 0 Å². The molecule has 1 aromatic rings. The molecule has 3 heterocycles. The zero-order valence-corrected chi connectivity index (χ0v) is 12.3. The van der Waals surface area contributed by atoms with Crippen molar-refractivity contribution in [2.24, 2.45) is 11.1 Å². The number of fused-ring (bicyclic) bond motifs is 3. The molecule has 3 aliphatic heterocycles. The zero-order valence-electron chi connectivity index (χ0n) is 11.5. The van der Waals surface area contributed by atoms with Crippen LogP contribution in [0.2, 0.25) is 0 Å². The molecule has 0 aliphatic carbocycles. The Labute approximate surface area is 125 Å². The summed E-state index contributed by atoms with van der Waals surface area (Å²) in [5.41, 5.74) is 3.01. The molecule has 3 saturated heterocycles. The van der Waals surface area contributed by atoms with Crippen LogP contribution in [-0.2, 0) is 0 Å². The number of hydrogen-bond acceptors (Lipinski definition) is 4. The number of benzene rings is 1. The lowest BCUT2D eigenvalue weighted by atomic mass is 9.83. The first-order valence-corrected chi connectivity index (χ1v) is 6.65. The van der Waals surface area contributed by atoms with Crippen molar-refractivity contribution >= 4 is 24.2 Å². The Hall–Kier alpha value is -1.68. The molecule has 3 aliphatic rings. The molecule has 0 saturated carbocycles. The van der Waals surface area contributed by atoms with Gasteiger partial charge in [-0.3, -0.25) is 0 Å². The summed E-state index contributed by atoms with van der Waals surface area (Å²) in [5.74, 6) is 1.27. The zero-order chi connectivity index (χ0) is 13.2. The van der Waals surface area contributed by atoms with Crippen LogP contribution in [0, 0.1) is 5.92 Å². The Balaban J connectivity index is 0.00000147. The Morgan fingerprint density at radius 2 is 1.90 bits per heavy atom. The summed E-state index contributed by atoms with van der Waals surface area (Å²) < 4.78 is 5.16. The van der Waals surface area contributed by atoms with Crippen LogP contribution in [0.5, 0.6) is 5.75 Å². The van der Waals surface area contributed by atoms with E-state index in [1.165, 1.54) is 0 Å². The van der Waals surface area contributed by atoms with E-state index in [4.69, 9.17) is 4.74 Å². The van der Waals surface area contributed by atoms with Gasteiger partial charge >= 0.3 is 0 Å². The molecule has 0 unspecified atom stereocenters. The van der Waals surface area contributed by atoms with Crippen LogP contribution in [0.4, 0.5) is 0 Å². The lowest BCUT2D eigenvalue weighted by Crippen LogP contribution is -2.46. The van der Waals surface area contributed by atoms with Gasteiger partial charge in [0.25, 0.3) is 0 Å². The van der Waals surface area contributed by atoms with Crippen molar-refractivity contribution in [2.45, 2.75) is 12.8 Å². The van der Waals surface area contributed by atoms with Crippen LogP contribution in [0.15, 0.2) is 35.1 Å². The first-order chi connectivity index (χ1) is 9.31. The van der Waals surface area contributed by atoms with E-state index in [0.29, 0.717) is 5.92 Å². The van der Waals surface area contributed by atoms with Gasteiger partial charge in [0, 0.05) is 19.0 Å². The number of ether oxygens (including phenoxy) is 1. The number of nitrogens with zero attached hydrogens (tertiary/aromatic N) is 2. The fraction of sp³-hybridized carbons (Fsp3) is 0.400. The molecule has 0 spiro atoms. The Bertz CT molecular complexity index is 517. The third-order valence-corrected chi connectivity index (χ3v) is 4.01. The molecule has 4 nitrogen and oxygen atoms in total. The average molecular weight is 295 g/mol. The molecule has 4 rings (SSSR count). The first kappa shape index (κ1) is 14.7. The van der Waals surface area contributed by atoms with E-state index in [1.807, 2.05) is 24.3 Å². The Kier molecular flexibility index (Phi) is 4.55. The molecular formula is C15H19ClN2O2. The van der Waals surface area contributed by atoms with E-state index >= 15 is 0 Å². The standard InChI is InChI=1S/C15H18N2O2.ClH/c1-19-13-4-2-11(3-5-13)10-14-15(16-18)12-6-8-17(14)9-7-12;/h2-5,10,12,18H,6-9H2,1H3;1H. The second-order valence-electron chi connectivity index (χ2n) is 5.05. The second kappa shape index (κ2) is 6.18. The van der Waals surface area contributed by atoms with E-state index in [2.05, 4.69) is 16.1 Å². The fourth-order valence-electron chi connectivity index (χ4n) is 2.92. The van der Waals surface area contributed by atoms with Gasteiger partial charge in [-0.05, 0) is 36.6 Å². The van der Waals surface area contributed by atoms with Crippen molar-refractivity contribution in [3.05, 3.63) is 35.5 Å². The van der Waals surface area contributed by atoms with E-state index < -0.39 is 0 Å². The molecule has 2 bridgehead atoms. The SMILES string of the molecule is COc1ccc(C=C2C(=NO)C3CCN2CC3)cc1.Cl. The molecule has 1 aromatic carbocycles. The number of rotatable bonds is 2. The van der Waals surface area contributed by atoms with Gasteiger partial charge in [-0.15, -0.1) is 12.4 Å². The third kappa shape index (κ3) is 2.61. The molecule has 0 radical (unpaired) electrons. The highest BCUT2D eigenvalue weighted by Crippen LogP contribution is 2.33. The van der Waals surface area contributed by atoms with Crippen LogP contribution in [-0.4, -0.2) is 36.0 Å². The fourth-order valence-corrected chi connectivity index (χ4v) is 2.92. The topological polar surface area (TPSA) is 45.1 Å². The van der Waals surface area contributed by atoms with Crippen molar-refractivity contribution in [2.75, 3.05) is 20.2 Å². The van der Waals surface area contributed by atoms with Gasteiger partial charge < -0.3 is 14.8 Å². The molecule has 5 heteroatoms. The molecule has 108 valence electrons. The predicted octanol–water partition coefficient (Wildman–Crippen LogP) is 3.01. The van der Waals surface area contributed by atoms with Crippen molar-refractivity contribution in [3.8, 4) is 5.75 Å². The summed E-state index contributed by atoms with van der Waals surface area (Å²) >= 11 is 0. The van der Waals surface area contributed by atoms with Gasteiger partial charge in [-0.1, -0.05) is 17.3 Å². The molecule has 1 N–H and O–H groups in total. The number of halogens is 1. The molecule has 0 amide bonds. The summed E-state index contributed by atoms with van der Waals surface area (Å²) in [6.45, 7) is 2.12. The van der Waals surface area contributed by atoms with E-state index in [0.717, 1.165) is 48.7 Å². The monoisotopic (exact) mass is 294 g/mol. The van der Waals surface area contributed by atoms with Crippen LogP contribution in [0.25, 0.3) is 6.08 Å². The lowest BCUT2D eigenvalue weighted by molar-refractivity contribution is 0.229. The maximum atomic E-state index is 9.24. The molecule has 0 aromatic heterocycles. The van der Waals surface area contributed by atoms with Gasteiger partial charge in [0.05, 0.1) is 12.8 Å². The summed E-state index contributed by atoms with van der Waals surface area (Å²) in [4.78, 5) is 2.30. The van der Waals surface area contributed by atoms with Crippen LogP contribution >= 0.6 is 12.4 Å². The Morgan fingerprint density at radius 3 is 2.45 bits per heavy atom. The summed E-state index contributed by atoms with van der Waals surface area (Å²) in [6, 6.07) is 7.92. The minimum atomic E-state index is 0. The molecule has 20 heavy (non-hydrogen) atoms. The quantitative estimate of drug-likeness (QED) is 0.674. The molecule has 0 atom stereocenters. The molecule has 3 fully saturated rings. The first-order valence-electron chi connectivity index (χ1n) is 6.65. The number of piperidine rings is 3. The van der Waals surface area contributed by atoms with Crippen LogP contribution in [0.1, 0.15) is 18.4 Å². The predicted molar refractivity (Wildman–Crippen MR) is 81.7 cm³/mol. The van der Waals surface area contributed by atoms with Gasteiger partial charge in [-0.2, -0.15) is 0 Å². The lowest BCUT2D eigenvalue weighted by Gasteiger charge is -2.42. The summed E-state index contributed by atoms with van der Waals surface area (Å²) in [5, 5.41) is 12.8. The van der Waals surface area contributed by atoms with E-state index in [-0.39, 0.29) is 12.4 Å². The van der Waals surface area contributed by atoms with Crippen molar-refractivity contribution in [3.63, 3.8) is 0 Å². The highest BCUT2D eigenvalue weighted by atomic mass is 35.5. The van der Waals surface area contributed by atoms with Crippen molar-refractivity contribution in [1.82, 2.24) is 4.90 Å². The van der Waals surface area contributed by atoms with Gasteiger partial charge in [-0.25, -0.2) is 0 Å². The second-order valence-corrected chi connectivity index (χ2v) is 5.05. The summed E-state index contributed by atoms with van der Waals surface area (Å²) in [6.07, 6.45) is 4.29. The largest absolute Gasteiger partial charge is 0.497 e. The highest BCUT2D eigenvalue weighted by molar-refractivity contribution is 6.05. The smallest absolute Gasteiger partial charge is 0.118 e. The van der Waals surface area contributed by atoms with Gasteiger partial charge in [0.15, 0.2) is 0 Å². The number of allylic oxidation sites excluding steroid dienone is 1. The maximum absolute atomic E-state index is 9.24. The minimum Gasteiger partial charge on any atom is -0.497 e. The highest BCUT2D eigenvalue weighted by Gasteiger charge is 2.35. The van der Waals surface area contributed by atoms with Gasteiger partial charge in [0.1, 0.15) is 11.5 Å². The Morgan fingerprint density at radius 1 is 1.25 bits per heavy atom. The number of hydrogen-bond donors (Lipinski definition) is 1. The normalized spacial score (nSPS) is 22.1. The average Bonchev–Trinajstić information content (AvgIpc) is 2.49. The number of methoxy groups -OCH3 is 1. The number of oxime groups is 1. The van der Waals surface area contributed by atoms with E-state index in [9.17, 15) is 5.21 Å². The third-order valence-electron chi connectivity index (χ3n) is 4.01. The minimum absolute atomic E-state index is 0. The van der Waals surface area contributed by atoms with Crippen LogP contribution < -0.4 is 4.74 Å². The van der Waals surface area contributed by atoms with E-state index in [1.54, 1.807) is 7.11 Å².